The third-order valence-electron chi connectivity index (χ3n) is 2.17. The van der Waals surface area contributed by atoms with Crippen LogP contribution in [-0.4, -0.2) is 10.9 Å². The molecule has 1 amide bonds. The van der Waals surface area contributed by atoms with Gasteiger partial charge < -0.3 is 11.1 Å². The minimum atomic E-state index is -0.205. The lowest BCUT2D eigenvalue weighted by atomic mass is 10.2. The Labute approximate surface area is 121 Å². The first-order valence-electron chi connectivity index (χ1n) is 5.03. The van der Waals surface area contributed by atoms with E-state index in [1.54, 1.807) is 24.3 Å². The number of carbonyl (C=O) groups excluding carboxylic acids is 1. The number of hydrogen-bond donors (Lipinski definition) is 2. The second-order valence-corrected chi connectivity index (χ2v) is 5.42. The highest BCUT2D eigenvalue weighted by atomic mass is 79.9. The van der Waals surface area contributed by atoms with Crippen molar-refractivity contribution in [3.8, 4) is 0 Å². The Morgan fingerprint density at radius 2 is 1.83 bits per heavy atom. The van der Waals surface area contributed by atoms with Gasteiger partial charge in [-0.1, -0.05) is 31.9 Å². The highest BCUT2D eigenvalue weighted by Gasteiger charge is 2.08. The third-order valence-corrected chi connectivity index (χ3v) is 3.08. The molecule has 0 spiro atoms. The number of carbonyl (C=O) groups is 1. The van der Waals surface area contributed by atoms with Gasteiger partial charge in [-0.2, -0.15) is 0 Å². The summed E-state index contributed by atoms with van der Waals surface area (Å²) in [6, 6.07) is 8.68. The molecule has 0 bridgehead atoms. The first-order chi connectivity index (χ1) is 8.54. The number of benzene rings is 1. The van der Waals surface area contributed by atoms with Gasteiger partial charge in [-0.05, 0) is 30.3 Å². The lowest BCUT2D eigenvalue weighted by Crippen LogP contribution is -2.12. The third kappa shape index (κ3) is 3.30. The van der Waals surface area contributed by atoms with Gasteiger partial charge in [-0.3, -0.25) is 4.79 Å². The maximum atomic E-state index is 12.0. The molecular weight excluding hydrogens is 362 g/mol. The van der Waals surface area contributed by atoms with Crippen molar-refractivity contribution in [3.63, 3.8) is 0 Å². The van der Waals surface area contributed by atoms with E-state index in [9.17, 15) is 4.79 Å². The van der Waals surface area contributed by atoms with Gasteiger partial charge >= 0.3 is 0 Å². The number of anilines is 2. The van der Waals surface area contributed by atoms with Gasteiger partial charge in [0.05, 0.1) is 11.9 Å². The number of halogens is 2. The molecule has 4 nitrogen and oxygen atoms in total. The van der Waals surface area contributed by atoms with Gasteiger partial charge in [0.25, 0.3) is 5.91 Å². The fourth-order valence-corrected chi connectivity index (χ4v) is 2.66. The van der Waals surface area contributed by atoms with E-state index in [-0.39, 0.29) is 5.91 Å². The van der Waals surface area contributed by atoms with Crippen molar-refractivity contribution in [1.29, 1.82) is 0 Å². The molecule has 0 aliphatic rings. The molecule has 92 valence electrons. The van der Waals surface area contributed by atoms with Crippen LogP contribution >= 0.6 is 31.9 Å². The number of pyridine rings is 1. The van der Waals surface area contributed by atoms with Crippen LogP contribution in [0.1, 0.15) is 10.4 Å². The van der Waals surface area contributed by atoms with E-state index in [0.717, 1.165) is 8.95 Å². The zero-order valence-electron chi connectivity index (χ0n) is 9.15. The molecule has 1 aromatic carbocycles. The lowest BCUT2D eigenvalue weighted by Gasteiger charge is -2.06. The number of nitrogens with one attached hydrogen (secondary N) is 1. The fraction of sp³-hybridized carbons (Fsp3) is 0. The normalized spacial score (nSPS) is 10.1. The standard InChI is InChI=1S/C12H9Br2N3O/c13-8-3-7(4-9(14)5-8)12(18)17-10-1-2-11(15)16-6-10/h1-6H,(H2,15,16)(H,17,18). The summed E-state index contributed by atoms with van der Waals surface area (Å²) in [7, 11) is 0. The largest absolute Gasteiger partial charge is 0.384 e. The van der Waals surface area contributed by atoms with Crippen molar-refractivity contribution in [1.82, 2.24) is 4.98 Å². The highest BCUT2D eigenvalue weighted by Crippen LogP contribution is 2.21. The number of amides is 1. The molecule has 18 heavy (non-hydrogen) atoms. The number of nitrogen functional groups attached to an aromatic ring is 1. The summed E-state index contributed by atoms with van der Waals surface area (Å²) in [5, 5.41) is 2.74. The molecular formula is C12H9Br2N3O. The van der Waals surface area contributed by atoms with Gasteiger partial charge in [-0.25, -0.2) is 4.98 Å². The molecule has 0 aliphatic heterocycles. The topological polar surface area (TPSA) is 68.0 Å². The van der Waals surface area contributed by atoms with Gasteiger partial charge in [0.1, 0.15) is 5.82 Å². The second kappa shape index (κ2) is 5.49. The fourth-order valence-electron chi connectivity index (χ4n) is 1.37. The molecule has 0 saturated carbocycles. The summed E-state index contributed by atoms with van der Waals surface area (Å²) in [5.41, 5.74) is 6.62. The average molecular weight is 371 g/mol. The summed E-state index contributed by atoms with van der Waals surface area (Å²) in [6.07, 6.45) is 1.51. The van der Waals surface area contributed by atoms with Crippen molar-refractivity contribution >= 4 is 49.3 Å². The molecule has 2 aromatic rings. The Morgan fingerprint density at radius 1 is 1.17 bits per heavy atom. The summed E-state index contributed by atoms with van der Waals surface area (Å²) in [6.45, 7) is 0. The van der Waals surface area contributed by atoms with Crippen molar-refractivity contribution < 1.29 is 4.79 Å². The summed E-state index contributed by atoms with van der Waals surface area (Å²) < 4.78 is 1.66. The van der Waals surface area contributed by atoms with Crippen LogP contribution in [0.2, 0.25) is 0 Å². The molecule has 0 radical (unpaired) electrons. The van der Waals surface area contributed by atoms with Crippen LogP contribution in [0.3, 0.4) is 0 Å². The minimum Gasteiger partial charge on any atom is -0.384 e. The van der Waals surface area contributed by atoms with Crippen LogP contribution in [0.25, 0.3) is 0 Å². The predicted molar refractivity (Wildman–Crippen MR) is 78.4 cm³/mol. The number of nitrogens with zero attached hydrogens (tertiary/aromatic N) is 1. The molecule has 1 aromatic heterocycles. The van der Waals surface area contributed by atoms with Gasteiger partial charge in [0.15, 0.2) is 0 Å². The van der Waals surface area contributed by atoms with E-state index in [4.69, 9.17) is 5.73 Å². The Balaban J connectivity index is 2.19. The van der Waals surface area contributed by atoms with Crippen LogP contribution in [0.5, 0.6) is 0 Å². The molecule has 0 fully saturated rings. The van der Waals surface area contributed by atoms with Gasteiger partial charge in [0.2, 0.25) is 0 Å². The first kappa shape index (κ1) is 13.0. The Kier molecular flexibility index (Phi) is 3.98. The maximum absolute atomic E-state index is 12.0. The summed E-state index contributed by atoms with van der Waals surface area (Å²) in [4.78, 5) is 15.9. The van der Waals surface area contributed by atoms with Crippen molar-refractivity contribution in [2.45, 2.75) is 0 Å². The molecule has 3 N–H and O–H groups in total. The molecule has 0 unspecified atom stereocenters. The van der Waals surface area contributed by atoms with Gasteiger partial charge in [0, 0.05) is 14.5 Å². The van der Waals surface area contributed by atoms with Crippen molar-refractivity contribution in [3.05, 3.63) is 51.0 Å². The predicted octanol–water partition coefficient (Wildman–Crippen LogP) is 3.44. The van der Waals surface area contributed by atoms with E-state index in [1.165, 1.54) is 6.20 Å². The van der Waals surface area contributed by atoms with Crippen LogP contribution in [-0.2, 0) is 0 Å². The van der Waals surface area contributed by atoms with Gasteiger partial charge in [-0.15, -0.1) is 0 Å². The smallest absolute Gasteiger partial charge is 0.255 e. The quantitative estimate of drug-likeness (QED) is 0.850. The monoisotopic (exact) mass is 369 g/mol. The molecule has 0 aliphatic carbocycles. The van der Waals surface area contributed by atoms with E-state index >= 15 is 0 Å². The van der Waals surface area contributed by atoms with E-state index < -0.39 is 0 Å². The van der Waals surface area contributed by atoms with Crippen LogP contribution in [0, 0.1) is 0 Å². The molecule has 1 heterocycles. The molecule has 0 saturated heterocycles. The molecule has 0 atom stereocenters. The highest BCUT2D eigenvalue weighted by molar-refractivity contribution is 9.11. The Morgan fingerprint density at radius 3 is 2.39 bits per heavy atom. The number of nitrogens with two attached hydrogens (primary N) is 1. The number of aromatic nitrogens is 1. The minimum absolute atomic E-state index is 0.205. The van der Waals surface area contributed by atoms with Crippen molar-refractivity contribution in [2.24, 2.45) is 0 Å². The van der Waals surface area contributed by atoms with Crippen LogP contribution in [0.4, 0.5) is 11.5 Å². The SMILES string of the molecule is Nc1ccc(NC(=O)c2cc(Br)cc(Br)c2)cn1. The Bertz CT molecular complexity index is 564. The molecule has 6 heteroatoms. The average Bonchev–Trinajstić information content (AvgIpc) is 2.31. The zero-order valence-corrected chi connectivity index (χ0v) is 12.3. The van der Waals surface area contributed by atoms with E-state index in [1.807, 2.05) is 6.07 Å². The zero-order chi connectivity index (χ0) is 13.1. The number of hydrogen-bond acceptors (Lipinski definition) is 3. The number of rotatable bonds is 2. The van der Waals surface area contributed by atoms with Crippen LogP contribution in [0.15, 0.2) is 45.5 Å². The summed E-state index contributed by atoms with van der Waals surface area (Å²) >= 11 is 6.67. The maximum Gasteiger partial charge on any atom is 0.255 e. The Hall–Kier alpha value is -1.40. The summed E-state index contributed by atoms with van der Waals surface area (Å²) in [5.74, 6) is 0.210. The molecule has 2 rings (SSSR count). The van der Waals surface area contributed by atoms with E-state index in [0.29, 0.717) is 17.1 Å². The van der Waals surface area contributed by atoms with Crippen molar-refractivity contribution in [2.75, 3.05) is 11.1 Å². The first-order valence-corrected chi connectivity index (χ1v) is 6.62. The second-order valence-electron chi connectivity index (χ2n) is 3.58. The lowest BCUT2D eigenvalue weighted by molar-refractivity contribution is 0.102. The van der Waals surface area contributed by atoms with E-state index in [2.05, 4.69) is 42.2 Å². The van der Waals surface area contributed by atoms with Crippen LogP contribution < -0.4 is 11.1 Å².